The van der Waals surface area contributed by atoms with E-state index >= 15 is 0 Å². The fraction of sp³-hybridized carbons (Fsp3) is 0.300. The minimum Gasteiger partial charge on any atom is -0.316 e. The highest BCUT2D eigenvalue weighted by Gasteiger charge is 2.22. The predicted octanol–water partition coefficient (Wildman–Crippen LogP) is 4.68. The Morgan fingerprint density at radius 3 is 2.93 bits per heavy atom. The number of rotatable bonds is 5. The molecule has 0 spiro atoms. The van der Waals surface area contributed by atoms with Crippen molar-refractivity contribution in [1.29, 1.82) is 5.26 Å². The number of thiophene rings is 1. The van der Waals surface area contributed by atoms with Crippen molar-refractivity contribution in [3.63, 3.8) is 0 Å². The molecule has 1 N–H and O–H groups in total. The van der Waals surface area contributed by atoms with Gasteiger partial charge in [-0.2, -0.15) is 5.26 Å². The van der Waals surface area contributed by atoms with Crippen LogP contribution in [0.5, 0.6) is 0 Å². The molecule has 148 valence electrons. The minimum absolute atomic E-state index is 0.160. The maximum Gasteiger partial charge on any atom is 0.235 e. The second-order valence-electron chi connectivity index (χ2n) is 6.71. The van der Waals surface area contributed by atoms with Crippen molar-refractivity contribution >= 4 is 45.6 Å². The molecule has 29 heavy (non-hydrogen) atoms. The highest BCUT2D eigenvalue weighted by atomic mass is 35.5. The summed E-state index contributed by atoms with van der Waals surface area (Å²) in [6.07, 6.45) is 4.15. The summed E-state index contributed by atoms with van der Waals surface area (Å²) in [4.78, 5) is 13.7. The SMILES string of the molecule is Cn1c(SCC(=O)Nc2sc3c(c2C#N)CCCC3)nnc1-c1ccccc1Cl. The maximum atomic E-state index is 12.5. The zero-order valence-electron chi connectivity index (χ0n) is 15.7. The highest BCUT2D eigenvalue weighted by molar-refractivity contribution is 7.99. The summed E-state index contributed by atoms with van der Waals surface area (Å²) in [7, 11) is 1.85. The Morgan fingerprint density at radius 1 is 1.34 bits per heavy atom. The lowest BCUT2D eigenvalue weighted by Crippen LogP contribution is -2.14. The van der Waals surface area contributed by atoms with E-state index < -0.39 is 0 Å². The summed E-state index contributed by atoms with van der Waals surface area (Å²) in [6, 6.07) is 9.71. The topological polar surface area (TPSA) is 83.6 Å². The summed E-state index contributed by atoms with van der Waals surface area (Å²) in [5.41, 5.74) is 2.54. The third kappa shape index (κ3) is 4.04. The molecule has 0 bridgehead atoms. The molecule has 1 aliphatic carbocycles. The molecule has 1 aliphatic rings. The third-order valence-electron chi connectivity index (χ3n) is 4.82. The van der Waals surface area contributed by atoms with Gasteiger partial charge in [0.05, 0.1) is 16.3 Å². The Bertz CT molecular complexity index is 1110. The largest absolute Gasteiger partial charge is 0.316 e. The Labute approximate surface area is 181 Å². The molecule has 2 aromatic heterocycles. The van der Waals surface area contributed by atoms with E-state index in [2.05, 4.69) is 21.6 Å². The number of hydrogen-bond donors (Lipinski definition) is 1. The van der Waals surface area contributed by atoms with Crippen molar-refractivity contribution in [2.24, 2.45) is 7.05 Å². The van der Waals surface area contributed by atoms with Gasteiger partial charge in [-0.05, 0) is 43.4 Å². The van der Waals surface area contributed by atoms with Crippen LogP contribution in [0, 0.1) is 11.3 Å². The Balaban J connectivity index is 1.44. The number of aryl methyl sites for hydroxylation is 1. The molecular weight excluding hydrogens is 426 g/mol. The molecule has 6 nitrogen and oxygen atoms in total. The number of anilines is 1. The molecule has 3 aromatic rings. The van der Waals surface area contributed by atoms with Crippen molar-refractivity contribution < 1.29 is 4.79 Å². The molecule has 0 fully saturated rings. The average Bonchev–Trinajstić information content (AvgIpc) is 3.26. The summed E-state index contributed by atoms with van der Waals surface area (Å²) < 4.78 is 1.82. The Morgan fingerprint density at radius 2 is 2.14 bits per heavy atom. The van der Waals surface area contributed by atoms with Gasteiger partial charge in [0.1, 0.15) is 11.1 Å². The number of benzene rings is 1. The molecule has 1 aromatic carbocycles. The minimum atomic E-state index is -0.160. The standard InChI is InChI=1S/C20H18ClN5OS2/c1-26-18(13-7-2-4-8-15(13)21)24-25-20(26)28-11-17(27)23-19-14(10-22)12-6-3-5-9-16(12)29-19/h2,4,7-8H,3,5-6,9,11H2,1H3,(H,23,27). The van der Waals surface area contributed by atoms with Crippen LogP contribution in [0.3, 0.4) is 0 Å². The lowest BCUT2D eigenvalue weighted by molar-refractivity contribution is -0.113. The summed E-state index contributed by atoms with van der Waals surface area (Å²) in [5, 5.41) is 22.7. The van der Waals surface area contributed by atoms with Crippen molar-refractivity contribution in [3.8, 4) is 17.5 Å². The van der Waals surface area contributed by atoms with Gasteiger partial charge in [0.15, 0.2) is 11.0 Å². The van der Waals surface area contributed by atoms with Crippen LogP contribution in [-0.2, 0) is 24.7 Å². The molecule has 0 atom stereocenters. The maximum absolute atomic E-state index is 12.5. The third-order valence-corrected chi connectivity index (χ3v) is 7.38. The first-order valence-corrected chi connectivity index (χ1v) is 11.4. The number of thioether (sulfide) groups is 1. The zero-order valence-corrected chi connectivity index (χ0v) is 18.1. The van der Waals surface area contributed by atoms with Gasteiger partial charge in [-0.1, -0.05) is 35.5 Å². The van der Waals surface area contributed by atoms with E-state index in [4.69, 9.17) is 11.6 Å². The summed E-state index contributed by atoms with van der Waals surface area (Å²) >= 11 is 9.08. The van der Waals surface area contributed by atoms with E-state index in [1.807, 2.05) is 29.8 Å². The summed E-state index contributed by atoms with van der Waals surface area (Å²) in [5.74, 6) is 0.672. The van der Waals surface area contributed by atoms with Crippen LogP contribution in [0.25, 0.3) is 11.4 Å². The molecule has 0 unspecified atom stereocenters. The molecule has 4 rings (SSSR count). The predicted molar refractivity (Wildman–Crippen MR) is 116 cm³/mol. The fourth-order valence-corrected chi connectivity index (χ4v) is 5.57. The van der Waals surface area contributed by atoms with E-state index in [1.54, 1.807) is 6.07 Å². The highest BCUT2D eigenvalue weighted by Crippen LogP contribution is 2.37. The number of aromatic nitrogens is 3. The van der Waals surface area contributed by atoms with E-state index in [9.17, 15) is 10.1 Å². The Kier molecular flexibility index (Phi) is 5.90. The molecule has 0 aliphatic heterocycles. The molecule has 0 saturated carbocycles. The summed E-state index contributed by atoms with van der Waals surface area (Å²) in [6.45, 7) is 0. The number of carbonyl (C=O) groups is 1. The van der Waals surface area contributed by atoms with E-state index in [0.29, 0.717) is 26.6 Å². The van der Waals surface area contributed by atoms with Crippen LogP contribution in [0.4, 0.5) is 5.00 Å². The number of nitrogens with zero attached hydrogens (tertiary/aromatic N) is 4. The first kappa shape index (κ1) is 20.0. The normalized spacial score (nSPS) is 13.0. The molecule has 2 heterocycles. The van der Waals surface area contributed by atoms with E-state index in [1.165, 1.54) is 28.0 Å². The number of nitriles is 1. The van der Waals surface area contributed by atoms with Gasteiger partial charge < -0.3 is 9.88 Å². The van der Waals surface area contributed by atoms with Gasteiger partial charge in [0, 0.05) is 17.5 Å². The van der Waals surface area contributed by atoms with Gasteiger partial charge >= 0.3 is 0 Å². The second kappa shape index (κ2) is 8.57. The molecule has 0 saturated heterocycles. The van der Waals surface area contributed by atoms with Gasteiger partial charge in [-0.15, -0.1) is 21.5 Å². The first-order chi connectivity index (χ1) is 14.1. The van der Waals surface area contributed by atoms with Gasteiger partial charge in [-0.3, -0.25) is 4.79 Å². The molecule has 9 heteroatoms. The van der Waals surface area contributed by atoms with Gasteiger partial charge in [-0.25, -0.2) is 0 Å². The van der Waals surface area contributed by atoms with Crippen molar-refractivity contribution in [1.82, 2.24) is 14.8 Å². The lowest BCUT2D eigenvalue weighted by atomic mass is 9.96. The smallest absolute Gasteiger partial charge is 0.235 e. The lowest BCUT2D eigenvalue weighted by Gasteiger charge is -2.09. The van der Waals surface area contributed by atoms with Crippen LogP contribution < -0.4 is 5.32 Å². The van der Waals surface area contributed by atoms with Gasteiger partial charge in [0.2, 0.25) is 5.91 Å². The number of hydrogen-bond acceptors (Lipinski definition) is 6. The van der Waals surface area contributed by atoms with Gasteiger partial charge in [0.25, 0.3) is 0 Å². The van der Waals surface area contributed by atoms with Crippen molar-refractivity contribution in [3.05, 3.63) is 45.3 Å². The fourth-order valence-electron chi connectivity index (χ4n) is 3.38. The van der Waals surface area contributed by atoms with Crippen LogP contribution in [-0.4, -0.2) is 26.4 Å². The van der Waals surface area contributed by atoms with Crippen LogP contribution in [0.1, 0.15) is 28.8 Å². The van der Waals surface area contributed by atoms with E-state index in [0.717, 1.165) is 36.8 Å². The van der Waals surface area contributed by atoms with Crippen molar-refractivity contribution in [2.75, 3.05) is 11.1 Å². The first-order valence-electron chi connectivity index (χ1n) is 9.20. The average molecular weight is 444 g/mol. The number of nitrogens with one attached hydrogen (secondary N) is 1. The number of halogens is 1. The zero-order chi connectivity index (χ0) is 20.4. The molecule has 1 amide bonds. The molecular formula is C20H18ClN5OS2. The van der Waals surface area contributed by atoms with Crippen LogP contribution in [0.15, 0.2) is 29.4 Å². The number of fused-ring (bicyclic) bond motifs is 1. The monoisotopic (exact) mass is 443 g/mol. The molecule has 0 radical (unpaired) electrons. The van der Waals surface area contributed by atoms with E-state index in [-0.39, 0.29) is 11.7 Å². The van der Waals surface area contributed by atoms with Crippen LogP contribution >= 0.6 is 34.7 Å². The number of amides is 1. The second-order valence-corrected chi connectivity index (χ2v) is 9.16. The Hall–Kier alpha value is -2.34. The quantitative estimate of drug-likeness (QED) is 0.579. The van der Waals surface area contributed by atoms with Crippen molar-refractivity contribution in [2.45, 2.75) is 30.8 Å². The number of carbonyl (C=O) groups excluding carboxylic acids is 1. The van der Waals surface area contributed by atoms with Crippen LogP contribution in [0.2, 0.25) is 5.02 Å².